The first-order valence-corrected chi connectivity index (χ1v) is 8.93. The lowest BCUT2D eigenvalue weighted by Crippen LogP contribution is -2.48. The van der Waals surface area contributed by atoms with Gasteiger partial charge < -0.3 is 14.7 Å². The minimum atomic E-state index is 0.226. The van der Waals surface area contributed by atoms with Gasteiger partial charge in [0.15, 0.2) is 0 Å². The number of aromatic hydroxyl groups is 1. The van der Waals surface area contributed by atoms with Gasteiger partial charge in [0.2, 0.25) is 5.91 Å². The van der Waals surface area contributed by atoms with E-state index >= 15 is 0 Å². The van der Waals surface area contributed by atoms with Crippen molar-refractivity contribution in [1.29, 1.82) is 0 Å². The number of carbonyl (C=O) groups is 1. The number of nitrogens with zero attached hydrogens (tertiary/aromatic N) is 1. The van der Waals surface area contributed by atoms with Crippen LogP contribution in [0.4, 0.5) is 0 Å². The highest BCUT2D eigenvalue weighted by atomic mass is 32.2. The van der Waals surface area contributed by atoms with Crippen LogP contribution in [0.3, 0.4) is 0 Å². The molecule has 0 bridgehead atoms. The number of likely N-dealkylation sites (tertiary alicyclic amines) is 1. The minimum absolute atomic E-state index is 0.226. The Morgan fingerprint density at radius 2 is 1.95 bits per heavy atom. The van der Waals surface area contributed by atoms with E-state index in [1.807, 2.05) is 17.0 Å². The number of hydrogen-bond acceptors (Lipinski definition) is 4. The number of phenolic OH excluding ortho intramolecular Hbond substituents is 1. The summed E-state index contributed by atoms with van der Waals surface area (Å²) in [4.78, 5) is 15.6. The van der Waals surface area contributed by atoms with Gasteiger partial charge >= 0.3 is 0 Å². The quantitative estimate of drug-likeness (QED) is 0.870. The van der Waals surface area contributed by atoms with Gasteiger partial charge in [0, 0.05) is 31.2 Å². The molecule has 0 saturated carbocycles. The minimum Gasteiger partial charge on any atom is -0.508 e. The molecule has 0 aromatic heterocycles. The summed E-state index contributed by atoms with van der Waals surface area (Å²) in [6, 6.07) is 7.02. The number of benzene rings is 1. The molecule has 1 amide bonds. The monoisotopic (exact) mass is 321 g/mol. The molecule has 2 fully saturated rings. The number of carbonyl (C=O) groups excluding carboxylic acids is 1. The van der Waals surface area contributed by atoms with Crippen LogP contribution in [0.15, 0.2) is 29.2 Å². The summed E-state index contributed by atoms with van der Waals surface area (Å²) < 4.78 is 5.48. The fraction of sp³-hybridized carbons (Fsp3) is 0.588. The lowest BCUT2D eigenvalue weighted by atomic mass is 9.74. The van der Waals surface area contributed by atoms with Crippen LogP contribution in [0.2, 0.25) is 0 Å². The van der Waals surface area contributed by atoms with Crippen LogP contribution in [0.1, 0.15) is 25.7 Å². The Bertz CT molecular complexity index is 506. The van der Waals surface area contributed by atoms with Crippen LogP contribution >= 0.6 is 11.8 Å². The molecule has 2 saturated heterocycles. The summed E-state index contributed by atoms with van der Waals surface area (Å²) in [7, 11) is 0. The number of ether oxygens (including phenoxy) is 1. The van der Waals surface area contributed by atoms with Crippen LogP contribution < -0.4 is 0 Å². The molecule has 2 aliphatic heterocycles. The van der Waals surface area contributed by atoms with Crippen molar-refractivity contribution in [2.45, 2.75) is 30.6 Å². The summed E-state index contributed by atoms with van der Waals surface area (Å²) in [5.41, 5.74) is 0.301. The van der Waals surface area contributed by atoms with Gasteiger partial charge in [-0.1, -0.05) is 0 Å². The maximum atomic E-state index is 12.5. The predicted octanol–water partition coefficient (Wildman–Crippen LogP) is 2.90. The van der Waals surface area contributed by atoms with Gasteiger partial charge in [0.05, 0.1) is 5.75 Å². The number of rotatable bonds is 3. The molecule has 0 aliphatic carbocycles. The highest BCUT2D eigenvalue weighted by molar-refractivity contribution is 8.00. The van der Waals surface area contributed by atoms with E-state index in [9.17, 15) is 9.90 Å². The largest absolute Gasteiger partial charge is 0.508 e. The summed E-state index contributed by atoms with van der Waals surface area (Å²) >= 11 is 1.54. The van der Waals surface area contributed by atoms with Gasteiger partial charge in [-0.25, -0.2) is 0 Å². The molecule has 22 heavy (non-hydrogen) atoms. The van der Waals surface area contributed by atoms with Crippen LogP contribution in [0.25, 0.3) is 0 Å². The Morgan fingerprint density at radius 3 is 2.68 bits per heavy atom. The van der Waals surface area contributed by atoms with E-state index in [-0.39, 0.29) is 11.7 Å². The van der Waals surface area contributed by atoms with Gasteiger partial charge in [0.1, 0.15) is 5.75 Å². The normalized spacial score (nSPS) is 21.0. The molecule has 2 heterocycles. The summed E-state index contributed by atoms with van der Waals surface area (Å²) in [5.74, 6) is 0.953. The van der Waals surface area contributed by atoms with Crippen LogP contribution in [-0.4, -0.2) is 48.0 Å². The second-order valence-electron chi connectivity index (χ2n) is 6.31. The van der Waals surface area contributed by atoms with Crippen LogP contribution in [0.5, 0.6) is 5.75 Å². The first-order valence-electron chi connectivity index (χ1n) is 7.94. The van der Waals surface area contributed by atoms with Crippen LogP contribution in [-0.2, 0) is 9.53 Å². The van der Waals surface area contributed by atoms with E-state index in [2.05, 4.69) is 0 Å². The summed E-state index contributed by atoms with van der Waals surface area (Å²) in [6.07, 6.45) is 4.50. The summed E-state index contributed by atoms with van der Waals surface area (Å²) in [5, 5.41) is 9.28. The van der Waals surface area contributed by atoms with E-state index in [0.717, 1.165) is 50.5 Å². The average Bonchev–Trinajstić information content (AvgIpc) is 2.55. The average molecular weight is 321 g/mol. The Balaban J connectivity index is 1.54. The van der Waals surface area contributed by atoms with Crippen LogP contribution in [0, 0.1) is 5.41 Å². The Morgan fingerprint density at radius 1 is 1.23 bits per heavy atom. The zero-order valence-corrected chi connectivity index (χ0v) is 13.6. The molecule has 120 valence electrons. The molecular weight excluding hydrogens is 298 g/mol. The van der Waals surface area contributed by atoms with Crippen molar-refractivity contribution in [3.63, 3.8) is 0 Å². The lowest BCUT2D eigenvalue weighted by molar-refractivity contribution is -0.134. The first kappa shape index (κ1) is 15.7. The molecule has 1 aromatic rings. The van der Waals surface area contributed by atoms with Crippen molar-refractivity contribution < 1.29 is 14.6 Å². The number of piperidine rings is 1. The molecule has 2 aliphatic rings. The highest BCUT2D eigenvalue weighted by Crippen LogP contribution is 2.39. The number of phenols is 1. The van der Waals surface area contributed by atoms with E-state index in [4.69, 9.17) is 4.74 Å². The van der Waals surface area contributed by atoms with Gasteiger partial charge in [-0.15, -0.1) is 11.8 Å². The predicted molar refractivity (Wildman–Crippen MR) is 87.1 cm³/mol. The van der Waals surface area contributed by atoms with Crippen molar-refractivity contribution in [2.75, 3.05) is 32.1 Å². The molecule has 3 rings (SSSR count). The maximum absolute atomic E-state index is 12.5. The maximum Gasteiger partial charge on any atom is 0.232 e. The lowest BCUT2D eigenvalue weighted by Gasteiger charge is -2.45. The molecule has 0 radical (unpaired) electrons. The van der Waals surface area contributed by atoms with Crippen molar-refractivity contribution in [3.8, 4) is 5.75 Å². The van der Waals surface area contributed by atoms with Gasteiger partial charge in [0.25, 0.3) is 0 Å². The smallest absolute Gasteiger partial charge is 0.232 e. The molecule has 1 spiro atoms. The standard InChI is InChI=1S/C17H23NO3S/c19-14-2-4-15(5-3-14)22-12-16(20)18-9-1-6-17(13-18)7-10-21-11-8-17/h2-5,19H,1,6-13H2. The Labute approximate surface area is 135 Å². The van der Waals surface area contributed by atoms with E-state index in [1.54, 1.807) is 12.1 Å². The van der Waals surface area contributed by atoms with Crippen molar-refractivity contribution in [2.24, 2.45) is 5.41 Å². The third-order valence-electron chi connectivity index (χ3n) is 4.77. The SMILES string of the molecule is O=C(CSc1ccc(O)cc1)N1CCCC2(CCOCC2)C1. The van der Waals surface area contributed by atoms with E-state index in [1.165, 1.54) is 18.2 Å². The number of amides is 1. The summed E-state index contributed by atoms with van der Waals surface area (Å²) in [6.45, 7) is 3.46. The Kier molecular flexibility index (Phi) is 4.93. The Hall–Kier alpha value is -1.20. The second kappa shape index (κ2) is 6.92. The topological polar surface area (TPSA) is 49.8 Å². The molecule has 1 aromatic carbocycles. The van der Waals surface area contributed by atoms with Crippen molar-refractivity contribution in [3.05, 3.63) is 24.3 Å². The third kappa shape index (κ3) is 3.76. The fourth-order valence-corrected chi connectivity index (χ4v) is 4.21. The first-order chi connectivity index (χ1) is 10.7. The highest BCUT2D eigenvalue weighted by Gasteiger charge is 2.38. The molecule has 5 heteroatoms. The number of thioether (sulfide) groups is 1. The molecule has 0 unspecified atom stereocenters. The fourth-order valence-electron chi connectivity index (χ4n) is 3.41. The zero-order chi connectivity index (χ0) is 15.4. The van der Waals surface area contributed by atoms with E-state index in [0.29, 0.717) is 11.2 Å². The number of hydrogen-bond donors (Lipinski definition) is 1. The molecule has 1 N–H and O–H groups in total. The molecular formula is C17H23NO3S. The van der Waals surface area contributed by atoms with Crippen molar-refractivity contribution >= 4 is 17.7 Å². The second-order valence-corrected chi connectivity index (χ2v) is 7.36. The zero-order valence-electron chi connectivity index (χ0n) is 12.8. The van der Waals surface area contributed by atoms with Gasteiger partial charge in [-0.05, 0) is 55.4 Å². The van der Waals surface area contributed by atoms with Crippen molar-refractivity contribution in [1.82, 2.24) is 4.90 Å². The third-order valence-corrected chi connectivity index (χ3v) is 5.76. The van der Waals surface area contributed by atoms with E-state index < -0.39 is 0 Å². The molecule has 0 atom stereocenters. The van der Waals surface area contributed by atoms with Gasteiger partial charge in [-0.2, -0.15) is 0 Å². The molecule has 4 nitrogen and oxygen atoms in total. The van der Waals surface area contributed by atoms with Gasteiger partial charge in [-0.3, -0.25) is 4.79 Å².